The first kappa shape index (κ1) is 12.7. The Morgan fingerprint density at radius 1 is 1.10 bits per heavy atom. The van der Waals surface area contributed by atoms with Crippen molar-refractivity contribution in [1.29, 1.82) is 0 Å². The quantitative estimate of drug-likeness (QED) is 0.777. The average molecular weight is 274 g/mol. The number of hydrogen-bond acceptors (Lipinski definition) is 3. The van der Waals surface area contributed by atoms with E-state index in [1.54, 1.807) is 0 Å². The normalized spacial score (nSPS) is 25.8. The highest BCUT2D eigenvalue weighted by Gasteiger charge is 2.39. The van der Waals surface area contributed by atoms with Gasteiger partial charge in [-0.2, -0.15) is 5.10 Å². The van der Waals surface area contributed by atoms with Gasteiger partial charge in [0.05, 0.1) is 0 Å². The number of rotatable bonds is 2. The van der Waals surface area contributed by atoms with Gasteiger partial charge in [-0.05, 0) is 63.5 Å². The van der Waals surface area contributed by atoms with Gasteiger partial charge in [0.1, 0.15) is 0 Å². The van der Waals surface area contributed by atoms with Crippen molar-refractivity contribution in [1.82, 2.24) is 15.5 Å². The van der Waals surface area contributed by atoms with Crippen molar-refractivity contribution in [3.05, 3.63) is 11.3 Å². The van der Waals surface area contributed by atoms with Gasteiger partial charge in [0, 0.05) is 17.3 Å². The lowest BCUT2D eigenvalue weighted by Gasteiger charge is -2.33. The molecule has 2 aliphatic carbocycles. The van der Waals surface area contributed by atoms with E-state index in [1.165, 1.54) is 69.0 Å². The van der Waals surface area contributed by atoms with Gasteiger partial charge in [0.15, 0.2) is 5.82 Å². The third kappa shape index (κ3) is 2.24. The number of nitrogens with zero attached hydrogens (tertiary/aromatic N) is 1. The number of H-pyrrole nitrogens is 1. The zero-order valence-corrected chi connectivity index (χ0v) is 12.3. The smallest absolute Gasteiger partial charge is 0.151 e. The second-order valence-corrected chi connectivity index (χ2v) is 7.08. The summed E-state index contributed by atoms with van der Waals surface area (Å²) in [4.78, 5) is 0. The SMILES string of the molecule is C1CCC2(C1)CCc1[nH]nc(NC3CCNCC3)c1C2. The van der Waals surface area contributed by atoms with Crippen LogP contribution in [0.25, 0.3) is 0 Å². The summed E-state index contributed by atoms with van der Waals surface area (Å²) in [6.45, 7) is 2.27. The lowest BCUT2D eigenvalue weighted by molar-refractivity contribution is 0.254. The highest BCUT2D eigenvalue weighted by molar-refractivity contribution is 5.49. The fourth-order valence-electron chi connectivity index (χ4n) is 4.48. The Morgan fingerprint density at radius 2 is 1.90 bits per heavy atom. The van der Waals surface area contributed by atoms with E-state index in [9.17, 15) is 0 Å². The van der Waals surface area contributed by atoms with Gasteiger partial charge in [-0.1, -0.05) is 12.8 Å². The molecule has 0 radical (unpaired) electrons. The Kier molecular flexibility index (Phi) is 3.21. The van der Waals surface area contributed by atoms with Crippen LogP contribution in [0.1, 0.15) is 56.2 Å². The van der Waals surface area contributed by atoms with E-state index in [1.807, 2.05) is 0 Å². The highest BCUT2D eigenvalue weighted by atomic mass is 15.2. The van der Waals surface area contributed by atoms with Crippen molar-refractivity contribution in [2.45, 2.75) is 63.8 Å². The Bertz CT molecular complexity index is 467. The van der Waals surface area contributed by atoms with Gasteiger partial charge < -0.3 is 10.6 Å². The molecule has 0 unspecified atom stereocenters. The molecule has 4 nitrogen and oxygen atoms in total. The Labute approximate surface area is 121 Å². The number of aromatic nitrogens is 2. The van der Waals surface area contributed by atoms with Crippen molar-refractivity contribution in [2.24, 2.45) is 5.41 Å². The summed E-state index contributed by atoms with van der Waals surface area (Å²) >= 11 is 0. The number of hydrogen-bond donors (Lipinski definition) is 3. The fraction of sp³-hybridized carbons (Fsp3) is 0.812. The highest BCUT2D eigenvalue weighted by Crippen LogP contribution is 2.48. The molecule has 1 aliphatic heterocycles. The molecule has 110 valence electrons. The Hall–Kier alpha value is -1.03. The van der Waals surface area contributed by atoms with Crippen LogP contribution in [0.3, 0.4) is 0 Å². The maximum absolute atomic E-state index is 4.59. The predicted molar refractivity (Wildman–Crippen MR) is 81.0 cm³/mol. The first-order valence-electron chi connectivity index (χ1n) is 8.38. The van der Waals surface area contributed by atoms with Crippen molar-refractivity contribution in [2.75, 3.05) is 18.4 Å². The molecule has 2 heterocycles. The van der Waals surface area contributed by atoms with Crippen molar-refractivity contribution < 1.29 is 0 Å². The third-order valence-corrected chi connectivity index (χ3v) is 5.75. The largest absolute Gasteiger partial charge is 0.366 e. The van der Waals surface area contributed by atoms with Gasteiger partial charge in [-0.15, -0.1) is 0 Å². The summed E-state index contributed by atoms with van der Waals surface area (Å²) in [6, 6.07) is 0.602. The summed E-state index contributed by atoms with van der Waals surface area (Å²) in [5.74, 6) is 1.16. The molecular weight excluding hydrogens is 248 g/mol. The first-order chi connectivity index (χ1) is 9.85. The maximum Gasteiger partial charge on any atom is 0.151 e. The van der Waals surface area contributed by atoms with Crippen LogP contribution in [-0.4, -0.2) is 29.3 Å². The summed E-state index contributed by atoms with van der Waals surface area (Å²) < 4.78 is 0. The van der Waals surface area contributed by atoms with Crippen LogP contribution < -0.4 is 10.6 Å². The number of aryl methyl sites for hydroxylation is 1. The Balaban J connectivity index is 1.52. The molecule has 2 fully saturated rings. The lowest BCUT2D eigenvalue weighted by Crippen LogP contribution is -2.36. The molecule has 3 aliphatic rings. The van der Waals surface area contributed by atoms with Crippen LogP contribution in [0.15, 0.2) is 0 Å². The van der Waals surface area contributed by atoms with Crippen LogP contribution >= 0.6 is 0 Å². The summed E-state index contributed by atoms with van der Waals surface area (Å²) in [5.41, 5.74) is 3.53. The van der Waals surface area contributed by atoms with E-state index in [4.69, 9.17) is 0 Å². The molecule has 1 spiro atoms. The summed E-state index contributed by atoms with van der Waals surface area (Å²) in [6.07, 6.45) is 12.0. The molecule has 1 aromatic rings. The van der Waals surface area contributed by atoms with Gasteiger partial charge in [-0.3, -0.25) is 5.10 Å². The van der Waals surface area contributed by atoms with E-state index >= 15 is 0 Å². The second-order valence-electron chi connectivity index (χ2n) is 7.08. The van der Waals surface area contributed by atoms with Crippen LogP contribution in [0.2, 0.25) is 0 Å². The minimum atomic E-state index is 0.602. The molecule has 1 saturated heterocycles. The van der Waals surface area contributed by atoms with Crippen molar-refractivity contribution in [3.63, 3.8) is 0 Å². The number of fused-ring (bicyclic) bond motifs is 1. The molecule has 0 atom stereocenters. The summed E-state index contributed by atoms with van der Waals surface area (Å²) in [7, 11) is 0. The minimum absolute atomic E-state index is 0.602. The second kappa shape index (κ2) is 5.06. The van der Waals surface area contributed by atoms with Crippen molar-refractivity contribution in [3.8, 4) is 0 Å². The summed E-state index contributed by atoms with van der Waals surface area (Å²) in [5, 5.41) is 15.0. The van der Waals surface area contributed by atoms with E-state index in [0.29, 0.717) is 11.5 Å². The molecular formula is C16H26N4. The van der Waals surface area contributed by atoms with Gasteiger partial charge in [0.2, 0.25) is 0 Å². The molecule has 0 aromatic carbocycles. The van der Waals surface area contributed by atoms with E-state index in [-0.39, 0.29) is 0 Å². The number of anilines is 1. The maximum atomic E-state index is 4.59. The van der Waals surface area contributed by atoms with Gasteiger partial charge >= 0.3 is 0 Å². The Morgan fingerprint density at radius 3 is 2.70 bits per heavy atom. The minimum Gasteiger partial charge on any atom is -0.366 e. The van der Waals surface area contributed by atoms with E-state index in [0.717, 1.165) is 18.9 Å². The average Bonchev–Trinajstić information content (AvgIpc) is 3.09. The van der Waals surface area contributed by atoms with Gasteiger partial charge in [0.25, 0.3) is 0 Å². The van der Waals surface area contributed by atoms with Crippen molar-refractivity contribution >= 4 is 5.82 Å². The van der Waals surface area contributed by atoms with Crippen LogP contribution in [-0.2, 0) is 12.8 Å². The molecule has 0 amide bonds. The zero-order chi connectivity index (χ0) is 13.4. The number of aromatic amines is 1. The fourth-order valence-corrected chi connectivity index (χ4v) is 4.48. The molecule has 4 rings (SSSR count). The van der Waals surface area contributed by atoms with Crippen LogP contribution in [0, 0.1) is 5.41 Å². The molecule has 1 aromatic heterocycles. The molecule has 0 bridgehead atoms. The zero-order valence-electron chi connectivity index (χ0n) is 12.3. The van der Waals surface area contributed by atoms with Crippen LogP contribution in [0.4, 0.5) is 5.82 Å². The monoisotopic (exact) mass is 274 g/mol. The van der Waals surface area contributed by atoms with E-state index < -0.39 is 0 Å². The molecule has 1 saturated carbocycles. The molecule has 4 heteroatoms. The van der Waals surface area contributed by atoms with E-state index in [2.05, 4.69) is 20.8 Å². The third-order valence-electron chi connectivity index (χ3n) is 5.75. The van der Waals surface area contributed by atoms with Crippen LogP contribution in [0.5, 0.6) is 0 Å². The standard InChI is InChI=1S/C16H26N4/c1-2-7-16(6-1)8-3-14-13(11-16)15(20-19-14)18-12-4-9-17-10-5-12/h12,17H,1-11H2,(H2,18,19,20). The predicted octanol–water partition coefficient (Wildman–Crippen LogP) is 2.62. The molecule has 20 heavy (non-hydrogen) atoms. The topological polar surface area (TPSA) is 52.7 Å². The van der Waals surface area contributed by atoms with Gasteiger partial charge in [-0.25, -0.2) is 0 Å². The number of nitrogens with one attached hydrogen (secondary N) is 3. The lowest BCUT2D eigenvalue weighted by atomic mass is 9.72. The first-order valence-corrected chi connectivity index (χ1v) is 8.38. The number of piperidine rings is 1. The molecule has 3 N–H and O–H groups in total.